The van der Waals surface area contributed by atoms with Crippen LogP contribution in [0.4, 0.5) is 0 Å². The minimum atomic E-state index is -1.32. The molecule has 1 N–H and O–H groups in total. The Hall–Kier alpha value is -1.21. The highest BCUT2D eigenvalue weighted by Crippen LogP contribution is 2.32. The molecule has 2 atom stereocenters. The molecule has 2 unspecified atom stereocenters. The molecular weight excluding hydrogens is 367 g/mol. The lowest BCUT2D eigenvalue weighted by Gasteiger charge is -2.12. The van der Waals surface area contributed by atoms with E-state index in [0.717, 1.165) is 12.4 Å². The topological polar surface area (TPSA) is 88.9 Å². The molecule has 0 fully saturated rings. The molecule has 1 aromatic rings. The first-order chi connectivity index (χ1) is 10.8. The van der Waals surface area contributed by atoms with Crippen molar-refractivity contribution in [2.45, 2.75) is 19.9 Å². The Labute approximate surface area is 148 Å². The van der Waals surface area contributed by atoms with Crippen molar-refractivity contribution < 1.29 is 19.4 Å². The van der Waals surface area contributed by atoms with Gasteiger partial charge >= 0.3 is 5.97 Å². The molecule has 6 nitrogen and oxygen atoms in total. The molecule has 0 aliphatic carbocycles. The Morgan fingerprint density at radius 1 is 1.39 bits per heavy atom. The number of hydrogen-bond acceptors (Lipinski definition) is 6. The molecule has 0 aliphatic rings. The lowest BCUT2D eigenvalue weighted by Crippen LogP contribution is -2.28. The van der Waals surface area contributed by atoms with Gasteiger partial charge in [-0.15, -0.1) is 0 Å². The first kappa shape index (κ1) is 19.8. The average molecular weight is 382 g/mol. The summed E-state index contributed by atoms with van der Waals surface area (Å²) in [4.78, 5) is 32.3. The maximum absolute atomic E-state index is 12.6. The SMILES string of the molecule is CCOC(=O)C(C=NC(C)CO)C(=O)c1cnc(Cl)c(Cl)c1Cl. The average Bonchev–Trinajstić information content (AvgIpc) is 2.52. The van der Waals surface area contributed by atoms with Crippen LogP contribution in [0.15, 0.2) is 11.2 Å². The number of aliphatic hydroxyl groups excluding tert-OH is 1. The van der Waals surface area contributed by atoms with Gasteiger partial charge in [0.2, 0.25) is 0 Å². The van der Waals surface area contributed by atoms with E-state index in [0.29, 0.717) is 0 Å². The number of esters is 1. The zero-order valence-electron chi connectivity index (χ0n) is 12.4. The molecule has 126 valence electrons. The van der Waals surface area contributed by atoms with E-state index in [1.165, 1.54) is 0 Å². The van der Waals surface area contributed by atoms with Crippen LogP contribution in [-0.4, -0.2) is 47.3 Å². The van der Waals surface area contributed by atoms with Crippen LogP contribution >= 0.6 is 34.8 Å². The third-order valence-corrected chi connectivity index (χ3v) is 4.00. The quantitative estimate of drug-likeness (QED) is 0.258. The smallest absolute Gasteiger partial charge is 0.322 e. The minimum Gasteiger partial charge on any atom is -0.465 e. The molecule has 1 rings (SSSR count). The molecule has 1 heterocycles. The fourth-order valence-corrected chi connectivity index (χ4v) is 2.10. The molecular formula is C14H15Cl3N2O4. The number of hydrogen-bond donors (Lipinski definition) is 1. The maximum Gasteiger partial charge on any atom is 0.322 e. The van der Waals surface area contributed by atoms with Gasteiger partial charge in [-0.05, 0) is 13.8 Å². The molecule has 0 aliphatic heterocycles. The summed E-state index contributed by atoms with van der Waals surface area (Å²) in [6.45, 7) is 3.10. The number of carbonyl (C=O) groups excluding carboxylic acids is 2. The number of ether oxygens (including phenoxy) is 1. The number of aliphatic hydroxyl groups is 1. The van der Waals surface area contributed by atoms with Crippen molar-refractivity contribution in [2.75, 3.05) is 13.2 Å². The van der Waals surface area contributed by atoms with Crippen LogP contribution in [0.3, 0.4) is 0 Å². The normalized spacial score (nSPS) is 13.8. The Balaban J connectivity index is 3.20. The van der Waals surface area contributed by atoms with E-state index in [4.69, 9.17) is 44.6 Å². The lowest BCUT2D eigenvalue weighted by molar-refractivity contribution is -0.143. The van der Waals surface area contributed by atoms with Crippen molar-refractivity contribution >= 4 is 52.8 Å². The van der Waals surface area contributed by atoms with Crippen molar-refractivity contribution in [1.82, 2.24) is 4.98 Å². The molecule has 0 saturated heterocycles. The second-order valence-electron chi connectivity index (χ2n) is 4.51. The van der Waals surface area contributed by atoms with Gasteiger partial charge in [-0.1, -0.05) is 34.8 Å². The summed E-state index contributed by atoms with van der Waals surface area (Å²) in [5.74, 6) is -2.78. The molecule has 0 radical (unpaired) electrons. The number of ketones is 1. The molecule has 23 heavy (non-hydrogen) atoms. The number of Topliss-reactive ketones (excluding diaryl/α,β-unsaturated/α-hetero) is 1. The van der Waals surface area contributed by atoms with Gasteiger partial charge in [0.05, 0.1) is 34.9 Å². The van der Waals surface area contributed by atoms with E-state index in [2.05, 4.69) is 9.98 Å². The van der Waals surface area contributed by atoms with Crippen molar-refractivity contribution in [2.24, 2.45) is 10.9 Å². The first-order valence-corrected chi connectivity index (χ1v) is 7.81. The zero-order chi connectivity index (χ0) is 17.6. The number of nitrogens with zero attached hydrogens (tertiary/aromatic N) is 2. The number of carbonyl (C=O) groups is 2. The lowest BCUT2D eigenvalue weighted by atomic mass is 10.00. The summed E-state index contributed by atoms with van der Waals surface area (Å²) in [5.41, 5.74) is -0.0674. The number of rotatable bonds is 7. The van der Waals surface area contributed by atoms with Crippen LogP contribution in [-0.2, 0) is 9.53 Å². The van der Waals surface area contributed by atoms with E-state index in [-0.39, 0.29) is 34.0 Å². The van der Waals surface area contributed by atoms with Crippen LogP contribution in [0.2, 0.25) is 15.2 Å². The van der Waals surface area contributed by atoms with Gasteiger partial charge in [-0.2, -0.15) is 0 Å². The highest BCUT2D eigenvalue weighted by Gasteiger charge is 2.30. The predicted molar refractivity (Wildman–Crippen MR) is 88.8 cm³/mol. The molecule has 0 bridgehead atoms. The number of aromatic nitrogens is 1. The summed E-state index contributed by atoms with van der Waals surface area (Å²) in [6, 6.07) is -0.470. The van der Waals surface area contributed by atoms with Crippen LogP contribution in [0.25, 0.3) is 0 Å². The van der Waals surface area contributed by atoms with E-state index in [9.17, 15) is 9.59 Å². The maximum atomic E-state index is 12.6. The molecule has 0 aromatic carbocycles. The highest BCUT2D eigenvalue weighted by molar-refractivity contribution is 6.49. The molecule has 1 aromatic heterocycles. The Morgan fingerprint density at radius 3 is 2.61 bits per heavy atom. The van der Waals surface area contributed by atoms with Gasteiger partial charge in [0.15, 0.2) is 11.7 Å². The molecule has 0 saturated carbocycles. The monoisotopic (exact) mass is 380 g/mol. The van der Waals surface area contributed by atoms with Gasteiger partial charge in [-0.3, -0.25) is 14.6 Å². The van der Waals surface area contributed by atoms with Crippen LogP contribution in [0, 0.1) is 5.92 Å². The predicted octanol–water partition coefficient (Wildman–Crippen LogP) is 2.86. The van der Waals surface area contributed by atoms with E-state index >= 15 is 0 Å². The largest absolute Gasteiger partial charge is 0.465 e. The van der Waals surface area contributed by atoms with Gasteiger partial charge < -0.3 is 9.84 Å². The van der Waals surface area contributed by atoms with Crippen molar-refractivity contribution in [3.05, 3.63) is 27.0 Å². The zero-order valence-corrected chi connectivity index (χ0v) is 14.7. The van der Waals surface area contributed by atoms with Gasteiger partial charge in [0.1, 0.15) is 5.15 Å². The third kappa shape index (κ3) is 5.14. The fraction of sp³-hybridized carbons (Fsp3) is 0.429. The first-order valence-electron chi connectivity index (χ1n) is 6.67. The Bertz CT molecular complexity index is 622. The summed E-state index contributed by atoms with van der Waals surface area (Å²) >= 11 is 17.6. The second kappa shape index (κ2) is 9.17. The summed E-state index contributed by atoms with van der Waals surface area (Å²) in [7, 11) is 0. The van der Waals surface area contributed by atoms with Crippen molar-refractivity contribution in [1.29, 1.82) is 0 Å². The summed E-state index contributed by atoms with van der Waals surface area (Å²) in [6.07, 6.45) is 2.26. The Morgan fingerprint density at radius 2 is 2.04 bits per heavy atom. The minimum absolute atomic E-state index is 0.0523. The fourth-order valence-electron chi connectivity index (χ4n) is 1.53. The van der Waals surface area contributed by atoms with Crippen molar-refractivity contribution in [3.63, 3.8) is 0 Å². The molecule has 0 spiro atoms. The van der Waals surface area contributed by atoms with Crippen LogP contribution < -0.4 is 0 Å². The van der Waals surface area contributed by atoms with Crippen LogP contribution in [0.5, 0.6) is 0 Å². The summed E-state index contributed by atoms with van der Waals surface area (Å²) in [5, 5.41) is 8.74. The van der Waals surface area contributed by atoms with Gasteiger partial charge in [0.25, 0.3) is 0 Å². The van der Waals surface area contributed by atoms with E-state index < -0.39 is 23.7 Å². The molecule has 9 heteroatoms. The van der Waals surface area contributed by atoms with Gasteiger partial charge in [-0.25, -0.2) is 4.98 Å². The van der Waals surface area contributed by atoms with E-state index in [1.807, 2.05) is 0 Å². The van der Waals surface area contributed by atoms with E-state index in [1.54, 1.807) is 13.8 Å². The van der Waals surface area contributed by atoms with Crippen LogP contribution in [0.1, 0.15) is 24.2 Å². The number of halogens is 3. The number of pyridine rings is 1. The highest BCUT2D eigenvalue weighted by atomic mass is 35.5. The standard InChI is InChI=1S/C14H15Cl3N2O4/c1-3-23-14(22)9(5-18-7(2)6-20)12(21)8-4-19-13(17)11(16)10(8)15/h4-5,7,9,20H,3,6H2,1-2H3. The summed E-state index contributed by atoms with van der Waals surface area (Å²) < 4.78 is 4.87. The number of aliphatic imine (C=N–C) groups is 1. The Kier molecular flexibility index (Phi) is 7.91. The van der Waals surface area contributed by atoms with Crippen molar-refractivity contribution in [3.8, 4) is 0 Å². The van der Waals surface area contributed by atoms with Gasteiger partial charge in [0, 0.05) is 12.4 Å². The molecule has 0 amide bonds. The third-order valence-electron chi connectivity index (χ3n) is 2.76. The second-order valence-corrected chi connectivity index (χ2v) is 5.63.